The first kappa shape index (κ1) is 11.0. The predicted octanol–water partition coefficient (Wildman–Crippen LogP) is 0.682. The highest BCUT2D eigenvalue weighted by Gasteiger charge is 2.10. The third kappa shape index (κ3) is 2.70. The van der Waals surface area contributed by atoms with Gasteiger partial charge in [0.2, 0.25) is 0 Å². The summed E-state index contributed by atoms with van der Waals surface area (Å²) in [6, 6.07) is 4.43. The van der Waals surface area contributed by atoms with Crippen molar-refractivity contribution >= 4 is 17.6 Å². The lowest BCUT2D eigenvalue weighted by Crippen LogP contribution is -2.07. The summed E-state index contributed by atoms with van der Waals surface area (Å²) in [5.41, 5.74) is 6.19. The van der Waals surface area contributed by atoms with Gasteiger partial charge in [-0.25, -0.2) is 4.79 Å². The van der Waals surface area contributed by atoms with Gasteiger partial charge in [-0.3, -0.25) is 4.79 Å². The van der Waals surface area contributed by atoms with Gasteiger partial charge in [-0.15, -0.1) is 0 Å². The molecule has 5 nitrogen and oxygen atoms in total. The van der Waals surface area contributed by atoms with E-state index in [9.17, 15) is 9.59 Å². The van der Waals surface area contributed by atoms with Crippen molar-refractivity contribution in [3.8, 4) is 0 Å². The number of hydrogen-bond acceptors (Lipinski definition) is 4. The fourth-order valence-corrected chi connectivity index (χ4v) is 1.14. The van der Waals surface area contributed by atoms with Crippen LogP contribution in [0.4, 0.5) is 5.69 Å². The summed E-state index contributed by atoms with van der Waals surface area (Å²) in [5, 5.41) is 8.79. The third-order valence-corrected chi connectivity index (χ3v) is 1.92. The van der Waals surface area contributed by atoms with Crippen molar-refractivity contribution in [3.63, 3.8) is 0 Å². The van der Waals surface area contributed by atoms with Crippen LogP contribution in [0.5, 0.6) is 0 Å². The molecule has 0 aliphatic carbocycles. The molecule has 0 radical (unpaired) electrons. The normalized spacial score (nSPS) is 9.67. The molecule has 0 fully saturated rings. The van der Waals surface area contributed by atoms with E-state index < -0.39 is 11.9 Å². The van der Waals surface area contributed by atoms with Crippen LogP contribution >= 0.6 is 0 Å². The lowest BCUT2D eigenvalue weighted by Gasteiger charge is -2.04. The second kappa shape index (κ2) is 4.45. The van der Waals surface area contributed by atoms with E-state index >= 15 is 0 Å². The minimum absolute atomic E-state index is 0.00333. The number of benzene rings is 1. The van der Waals surface area contributed by atoms with Gasteiger partial charge in [-0.05, 0) is 17.7 Å². The molecule has 0 spiro atoms. The molecule has 0 saturated carbocycles. The molecule has 0 unspecified atom stereocenters. The van der Waals surface area contributed by atoms with Crippen molar-refractivity contribution in [2.24, 2.45) is 0 Å². The maximum absolute atomic E-state index is 10.9. The van der Waals surface area contributed by atoms with E-state index in [0.29, 0.717) is 5.56 Å². The standard InChI is InChI=1S/C10H11NO4/c1-15-9(12)5-6-2-3-8(11)7(4-6)10(13)14/h2-4H,5,11H2,1H3,(H,13,14). The van der Waals surface area contributed by atoms with E-state index in [1.807, 2.05) is 0 Å². The molecule has 0 saturated heterocycles. The highest BCUT2D eigenvalue weighted by molar-refractivity contribution is 5.94. The number of carbonyl (C=O) groups excluding carboxylic acids is 1. The molecule has 0 amide bonds. The summed E-state index contributed by atoms with van der Waals surface area (Å²) in [6.45, 7) is 0. The lowest BCUT2D eigenvalue weighted by atomic mass is 10.1. The number of carboxylic acid groups (broad SMARTS) is 1. The van der Waals surface area contributed by atoms with Crippen LogP contribution < -0.4 is 5.73 Å². The Morgan fingerprint density at radius 2 is 2.13 bits per heavy atom. The SMILES string of the molecule is COC(=O)Cc1ccc(N)c(C(=O)O)c1. The number of anilines is 1. The highest BCUT2D eigenvalue weighted by Crippen LogP contribution is 2.14. The van der Waals surface area contributed by atoms with Crippen LogP contribution in [0.1, 0.15) is 15.9 Å². The number of esters is 1. The molecular formula is C10H11NO4. The number of nitrogens with two attached hydrogens (primary N) is 1. The molecule has 0 aliphatic heterocycles. The van der Waals surface area contributed by atoms with Crippen LogP contribution in [-0.2, 0) is 16.0 Å². The quantitative estimate of drug-likeness (QED) is 0.564. The first-order valence-electron chi connectivity index (χ1n) is 4.23. The molecule has 1 rings (SSSR count). The number of ether oxygens (including phenoxy) is 1. The number of carboxylic acids is 1. The topological polar surface area (TPSA) is 89.6 Å². The zero-order chi connectivity index (χ0) is 11.4. The molecule has 0 heterocycles. The second-order valence-corrected chi connectivity index (χ2v) is 2.98. The van der Waals surface area contributed by atoms with Gasteiger partial charge in [0.05, 0.1) is 19.1 Å². The van der Waals surface area contributed by atoms with Crippen molar-refractivity contribution in [2.45, 2.75) is 6.42 Å². The maximum atomic E-state index is 10.9. The lowest BCUT2D eigenvalue weighted by molar-refractivity contribution is -0.139. The molecule has 0 bridgehead atoms. The Hall–Kier alpha value is -2.04. The summed E-state index contributed by atoms with van der Waals surface area (Å²) >= 11 is 0. The Bertz CT molecular complexity index is 400. The number of carbonyl (C=O) groups is 2. The van der Waals surface area contributed by atoms with Crippen LogP contribution in [0.25, 0.3) is 0 Å². The zero-order valence-corrected chi connectivity index (χ0v) is 8.19. The molecule has 15 heavy (non-hydrogen) atoms. The van der Waals surface area contributed by atoms with Gasteiger partial charge in [-0.1, -0.05) is 6.07 Å². The minimum atomic E-state index is -1.11. The average molecular weight is 209 g/mol. The van der Waals surface area contributed by atoms with Gasteiger partial charge < -0.3 is 15.6 Å². The van der Waals surface area contributed by atoms with E-state index in [-0.39, 0.29) is 17.7 Å². The van der Waals surface area contributed by atoms with Crippen LogP contribution in [0.3, 0.4) is 0 Å². The van der Waals surface area contributed by atoms with Crippen molar-refractivity contribution in [1.29, 1.82) is 0 Å². The Morgan fingerprint density at radius 3 is 2.67 bits per heavy atom. The largest absolute Gasteiger partial charge is 0.478 e. The molecule has 3 N–H and O–H groups in total. The minimum Gasteiger partial charge on any atom is -0.478 e. The molecule has 1 aromatic rings. The maximum Gasteiger partial charge on any atom is 0.337 e. The van der Waals surface area contributed by atoms with Crippen LogP contribution in [0.15, 0.2) is 18.2 Å². The van der Waals surface area contributed by atoms with Crippen LogP contribution in [0, 0.1) is 0 Å². The number of hydrogen-bond donors (Lipinski definition) is 2. The highest BCUT2D eigenvalue weighted by atomic mass is 16.5. The van der Waals surface area contributed by atoms with Gasteiger partial charge in [0.25, 0.3) is 0 Å². The van der Waals surface area contributed by atoms with Gasteiger partial charge in [0.15, 0.2) is 0 Å². The van der Waals surface area contributed by atoms with Crippen LogP contribution in [0.2, 0.25) is 0 Å². The average Bonchev–Trinajstić information content (AvgIpc) is 2.20. The number of rotatable bonds is 3. The molecule has 0 aromatic heterocycles. The summed E-state index contributed by atoms with van der Waals surface area (Å²) in [6.07, 6.45) is 0.0388. The first-order chi connectivity index (χ1) is 7.04. The summed E-state index contributed by atoms with van der Waals surface area (Å²) in [4.78, 5) is 21.7. The van der Waals surface area contributed by atoms with E-state index in [0.717, 1.165) is 0 Å². The first-order valence-corrected chi connectivity index (χ1v) is 4.23. The van der Waals surface area contributed by atoms with E-state index in [1.54, 1.807) is 6.07 Å². The van der Waals surface area contributed by atoms with Crippen LogP contribution in [-0.4, -0.2) is 24.2 Å². The van der Waals surface area contributed by atoms with E-state index in [1.165, 1.54) is 19.2 Å². The molecule has 1 aromatic carbocycles. The second-order valence-electron chi connectivity index (χ2n) is 2.98. The molecule has 0 aliphatic rings. The molecule has 0 atom stereocenters. The third-order valence-electron chi connectivity index (χ3n) is 1.92. The van der Waals surface area contributed by atoms with Crippen molar-refractivity contribution in [2.75, 3.05) is 12.8 Å². The zero-order valence-electron chi connectivity index (χ0n) is 8.19. The Morgan fingerprint density at radius 1 is 1.47 bits per heavy atom. The van der Waals surface area contributed by atoms with E-state index in [2.05, 4.69) is 4.74 Å². The Kier molecular flexibility index (Phi) is 3.28. The smallest absolute Gasteiger partial charge is 0.337 e. The number of nitrogen functional groups attached to an aromatic ring is 1. The van der Waals surface area contributed by atoms with Crippen molar-refractivity contribution in [1.82, 2.24) is 0 Å². The summed E-state index contributed by atoms with van der Waals surface area (Å²) in [7, 11) is 1.28. The monoisotopic (exact) mass is 209 g/mol. The summed E-state index contributed by atoms with van der Waals surface area (Å²) < 4.78 is 4.47. The fourth-order valence-electron chi connectivity index (χ4n) is 1.14. The van der Waals surface area contributed by atoms with Gasteiger partial charge in [-0.2, -0.15) is 0 Å². The van der Waals surface area contributed by atoms with Gasteiger partial charge in [0.1, 0.15) is 0 Å². The predicted molar refractivity (Wildman–Crippen MR) is 53.5 cm³/mol. The Labute approximate surface area is 86.5 Å². The van der Waals surface area contributed by atoms with E-state index in [4.69, 9.17) is 10.8 Å². The Balaban J connectivity index is 2.97. The van der Waals surface area contributed by atoms with Gasteiger partial charge >= 0.3 is 11.9 Å². The fraction of sp³-hybridized carbons (Fsp3) is 0.200. The van der Waals surface area contributed by atoms with Crippen molar-refractivity contribution < 1.29 is 19.4 Å². The number of aromatic carboxylic acids is 1. The van der Waals surface area contributed by atoms with Crippen molar-refractivity contribution in [3.05, 3.63) is 29.3 Å². The molecular weight excluding hydrogens is 198 g/mol. The molecule has 5 heteroatoms. The molecule has 80 valence electrons. The summed E-state index contributed by atoms with van der Waals surface area (Å²) in [5.74, 6) is -1.53. The number of methoxy groups -OCH3 is 1. The van der Waals surface area contributed by atoms with Gasteiger partial charge in [0, 0.05) is 5.69 Å².